The Morgan fingerprint density at radius 3 is 2.12 bits per heavy atom. The summed E-state index contributed by atoms with van der Waals surface area (Å²) in [6.07, 6.45) is 3.00. The highest BCUT2D eigenvalue weighted by molar-refractivity contribution is 6.21. The first-order valence-corrected chi connectivity index (χ1v) is 9.19. The molecule has 0 bridgehead atoms. The molecule has 0 radical (unpaired) electrons. The van der Waals surface area contributed by atoms with E-state index in [-0.39, 0.29) is 29.9 Å². The molecule has 1 heterocycles. The Balaban J connectivity index is 1.50. The van der Waals surface area contributed by atoms with Gasteiger partial charge in [0.2, 0.25) is 0 Å². The Morgan fingerprint density at radius 2 is 1.62 bits per heavy atom. The van der Waals surface area contributed by atoms with E-state index in [1.165, 1.54) is 4.90 Å². The molecule has 1 saturated carbocycles. The molecule has 0 unspecified atom stereocenters. The number of ether oxygens (including phenoxy) is 1. The largest absolute Gasteiger partial charge is 0.444 e. The average Bonchev–Trinajstić information content (AvgIpc) is 2.80. The fraction of sp³-hybridized carbons (Fsp3) is 0.550. The number of amides is 3. The molecule has 0 spiro atoms. The number of fused-ring (bicyclic) bond motifs is 1. The average molecular weight is 358 g/mol. The van der Waals surface area contributed by atoms with Crippen molar-refractivity contribution in [3.05, 3.63) is 35.4 Å². The molecule has 0 aromatic heterocycles. The van der Waals surface area contributed by atoms with E-state index in [4.69, 9.17) is 4.74 Å². The summed E-state index contributed by atoms with van der Waals surface area (Å²) in [5.74, 6) is -0.117. The third kappa shape index (κ3) is 4.06. The number of carbonyl (C=O) groups is 3. The monoisotopic (exact) mass is 358 g/mol. The molecule has 1 N–H and O–H groups in total. The van der Waals surface area contributed by atoms with Crippen molar-refractivity contribution < 1.29 is 19.1 Å². The van der Waals surface area contributed by atoms with Gasteiger partial charge in [0.1, 0.15) is 5.60 Å². The van der Waals surface area contributed by atoms with E-state index in [1.54, 1.807) is 24.3 Å². The van der Waals surface area contributed by atoms with Gasteiger partial charge in [-0.2, -0.15) is 0 Å². The normalized spacial score (nSPS) is 23.0. The van der Waals surface area contributed by atoms with E-state index in [2.05, 4.69) is 5.32 Å². The smallest absolute Gasteiger partial charge is 0.407 e. The van der Waals surface area contributed by atoms with Crippen LogP contribution in [0.2, 0.25) is 0 Å². The topological polar surface area (TPSA) is 75.7 Å². The van der Waals surface area contributed by atoms with Crippen molar-refractivity contribution >= 4 is 17.9 Å². The molecule has 6 nitrogen and oxygen atoms in total. The number of rotatable bonds is 3. The van der Waals surface area contributed by atoms with E-state index in [0.717, 1.165) is 25.7 Å². The van der Waals surface area contributed by atoms with E-state index in [1.807, 2.05) is 20.8 Å². The minimum atomic E-state index is -0.507. The lowest BCUT2D eigenvalue weighted by atomic mass is 9.85. The predicted octanol–water partition coefficient (Wildman–Crippen LogP) is 3.37. The van der Waals surface area contributed by atoms with Crippen molar-refractivity contribution in [2.24, 2.45) is 5.92 Å². The lowest BCUT2D eigenvalue weighted by molar-refractivity contribution is 0.0484. The molecule has 0 atom stereocenters. The molecule has 0 saturated heterocycles. The zero-order chi connectivity index (χ0) is 18.9. The molecular formula is C20H26N2O4. The van der Waals surface area contributed by atoms with E-state index < -0.39 is 5.60 Å². The van der Waals surface area contributed by atoms with Crippen LogP contribution in [0.1, 0.15) is 67.2 Å². The third-order valence-corrected chi connectivity index (χ3v) is 4.89. The summed E-state index contributed by atoms with van der Waals surface area (Å²) < 4.78 is 5.29. The lowest BCUT2D eigenvalue weighted by Gasteiger charge is -2.31. The summed E-state index contributed by atoms with van der Waals surface area (Å²) in [5.41, 5.74) is 0.489. The first kappa shape index (κ1) is 18.4. The molecule has 1 aromatic carbocycles. The van der Waals surface area contributed by atoms with Gasteiger partial charge in [-0.15, -0.1) is 0 Å². The van der Waals surface area contributed by atoms with Crippen molar-refractivity contribution in [1.82, 2.24) is 10.2 Å². The minimum Gasteiger partial charge on any atom is -0.444 e. The fourth-order valence-corrected chi connectivity index (χ4v) is 3.63. The summed E-state index contributed by atoms with van der Waals surface area (Å²) in [6.45, 7) is 5.97. The van der Waals surface area contributed by atoms with E-state index >= 15 is 0 Å². The number of nitrogens with zero attached hydrogens (tertiary/aromatic N) is 1. The summed E-state index contributed by atoms with van der Waals surface area (Å²) in [6, 6.07) is 7.06. The maximum atomic E-state index is 12.5. The zero-order valence-corrected chi connectivity index (χ0v) is 15.6. The van der Waals surface area contributed by atoms with Gasteiger partial charge in [-0.05, 0) is 64.5 Å². The van der Waals surface area contributed by atoms with Crippen LogP contribution in [0.5, 0.6) is 0 Å². The zero-order valence-electron chi connectivity index (χ0n) is 15.6. The summed E-state index contributed by atoms with van der Waals surface area (Å²) >= 11 is 0. The van der Waals surface area contributed by atoms with E-state index in [9.17, 15) is 14.4 Å². The highest BCUT2D eigenvalue weighted by Gasteiger charge is 2.37. The van der Waals surface area contributed by atoms with Crippen LogP contribution >= 0.6 is 0 Å². The van der Waals surface area contributed by atoms with Gasteiger partial charge in [0.15, 0.2) is 0 Å². The Labute approximate surface area is 153 Å². The minimum absolute atomic E-state index is 0.0864. The maximum absolute atomic E-state index is 12.5. The second kappa shape index (κ2) is 7.09. The second-order valence-electron chi connectivity index (χ2n) is 8.13. The van der Waals surface area contributed by atoms with Gasteiger partial charge in [0.25, 0.3) is 11.8 Å². The van der Waals surface area contributed by atoms with Gasteiger partial charge in [-0.3, -0.25) is 14.5 Å². The predicted molar refractivity (Wildman–Crippen MR) is 96.9 cm³/mol. The van der Waals surface area contributed by atoms with Crippen LogP contribution in [-0.4, -0.2) is 41.0 Å². The molecule has 1 aliphatic heterocycles. The van der Waals surface area contributed by atoms with E-state index in [0.29, 0.717) is 17.7 Å². The number of hydrogen-bond acceptors (Lipinski definition) is 4. The third-order valence-electron chi connectivity index (χ3n) is 4.89. The Bertz CT molecular complexity index is 680. The van der Waals surface area contributed by atoms with Gasteiger partial charge >= 0.3 is 6.09 Å². The van der Waals surface area contributed by atoms with Gasteiger partial charge in [-0.1, -0.05) is 12.1 Å². The highest BCUT2D eigenvalue weighted by atomic mass is 16.6. The number of carbonyl (C=O) groups excluding carboxylic acids is 3. The molecule has 26 heavy (non-hydrogen) atoms. The number of benzene rings is 1. The van der Waals surface area contributed by atoms with Gasteiger partial charge in [0, 0.05) is 12.6 Å². The van der Waals surface area contributed by atoms with Crippen LogP contribution < -0.4 is 5.32 Å². The molecule has 2 aliphatic rings. The number of alkyl carbamates (subject to hydrolysis) is 1. The lowest BCUT2D eigenvalue weighted by Crippen LogP contribution is -2.42. The van der Waals surface area contributed by atoms with Crippen LogP contribution in [0.3, 0.4) is 0 Å². The quantitative estimate of drug-likeness (QED) is 0.841. The van der Waals surface area contributed by atoms with Crippen molar-refractivity contribution in [3.63, 3.8) is 0 Å². The van der Waals surface area contributed by atoms with Crippen LogP contribution in [-0.2, 0) is 4.74 Å². The van der Waals surface area contributed by atoms with Crippen LogP contribution in [0, 0.1) is 5.92 Å². The van der Waals surface area contributed by atoms with Crippen LogP contribution in [0.15, 0.2) is 24.3 Å². The molecule has 140 valence electrons. The Morgan fingerprint density at radius 1 is 1.08 bits per heavy atom. The van der Waals surface area contributed by atoms with Crippen molar-refractivity contribution in [2.45, 2.75) is 58.1 Å². The molecule has 3 amide bonds. The number of imide groups is 1. The second-order valence-corrected chi connectivity index (χ2v) is 8.13. The van der Waals surface area contributed by atoms with Gasteiger partial charge < -0.3 is 10.1 Å². The maximum Gasteiger partial charge on any atom is 0.407 e. The number of hydrogen-bond donors (Lipinski definition) is 1. The highest BCUT2D eigenvalue weighted by Crippen LogP contribution is 2.29. The van der Waals surface area contributed by atoms with Crippen molar-refractivity contribution in [2.75, 3.05) is 6.54 Å². The molecule has 1 fully saturated rings. The number of nitrogens with one attached hydrogen (secondary N) is 1. The first-order valence-electron chi connectivity index (χ1n) is 9.19. The summed E-state index contributed by atoms with van der Waals surface area (Å²) in [7, 11) is 0. The Kier molecular flexibility index (Phi) is 5.03. The van der Waals surface area contributed by atoms with Crippen molar-refractivity contribution in [1.29, 1.82) is 0 Å². The molecule has 1 aliphatic carbocycles. The molecular weight excluding hydrogens is 332 g/mol. The van der Waals surface area contributed by atoms with Crippen molar-refractivity contribution in [3.8, 4) is 0 Å². The van der Waals surface area contributed by atoms with Gasteiger partial charge in [0.05, 0.1) is 11.1 Å². The standard InChI is InChI=1S/C20H26N2O4/c1-20(2,3)26-19(25)21-14-10-8-13(9-11-14)12-22-17(23)15-6-4-5-7-16(15)18(22)24/h4-7,13-14H,8-12H2,1-3H3,(H,21,25)/t13-,14+. The SMILES string of the molecule is CC(C)(C)OC(=O)N[C@H]1CC[C@@H](CN2C(=O)c3ccccc3C2=O)CC1. The Hall–Kier alpha value is -2.37. The summed E-state index contributed by atoms with van der Waals surface area (Å²) in [5, 5.41) is 2.91. The van der Waals surface area contributed by atoms with Crippen LogP contribution in [0.4, 0.5) is 4.79 Å². The molecule has 1 aromatic rings. The summed E-state index contributed by atoms with van der Waals surface area (Å²) in [4.78, 5) is 38.2. The van der Waals surface area contributed by atoms with Gasteiger partial charge in [-0.25, -0.2) is 4.79 Å². The molecule has 3 rings (SSSR count). The van der Waals surface area contributed by atoms with Crippen LogP contribution in [0.25, 0.3) is 0 Å². The first-order chi connectivity index (χ1) is 12.2. The molecule has 6 heteroatoms. The fourth-order valence-electron chi connectivity index (χ4n) is 3.63.